The number of hydrogen-bond acceptors (Lipinski definition) is 7. The molecule has 39 heavy (non-hydrogen) atoms. The van der Waals surface area contributed by atoms with E-state index in [1.54, 1.807) is 75.4 Å². The third kappa shape index (κ3) is 5.47. The van der Waals surface area contributed by atoms with E-state index in [0.717, 1.165) is 4.57 Å². The maximum absolute atomic E-state index is 13.5. The van der Waals surface area contributed by atoms with E-state index >= 15 is 0 Å². The molecule has 0 amide bonds. The van der Waals surface area contributed by atoms with Gasteiger partial charge in [0.25, 0.3) is 5.56 Å². The molecular weight excluding hydrogens is 518 g/mol. The van der Waals surface area contributed by atoms with Gasteiger partial charge in [0.05, 0.1) is 34.0 Å². The predicted molar refractivity (Wildman–Crippen MR) is 151 cm³/mol. The molecule has 9 nitrogen and oxygen atoms in total. The van der Waals surface area contributed by atoms with Crippen molar-refractivity contribution in [2.45, 2.75) is 25.7 Å². The van der Waals surface area contributed by atoms with Crippen LogP contribution in [0.15, 0.2) is 87.5 Å². The molecule has 0 atom stereocenters. The van der Waals surface area contributed by atoms with Crippen molar-refractivity contribution < 1.29 is 23.1 Å². The molecule has 4 aromatic rings. The summed E-state index contributed by atoms with van der Waals surface area (Å²) in [6.07, 6.45) is 1.43. The number of fused-ring (bicyclic) bond motifs is 1. The SMILES string of the molecule is CCOC(=O)c1ccc(N=Cc2c(O)n(-c3cccc(S(=O)(=O)N(CC)CC)c3)c(=O)c3ccccc23)cc1. The Morgan fingerprint density at radius 3 is 2.28 bits per heavy atom. The average molecular weight is 548 g/mol. The zero-order valence-corrected chi connectivity index (χ0v) is 22.7. The second kappa shape index (κ2) is 11.6. The van der Waals surface area contributed by atoms with Gasteiger partial charge in [-0.1, -0.05) is 38.1 Å². The summed E-state index contributed by atoms with van der Waals surface area (Å²) in [5.41, 5.74) is 0.867. The first-order chi connectivity index (χ1) is 18.7. The minimum Gasteiger partial charge on any atom is -0.494 e. The molecule has 0 saturated carbocycles. The highest BCUT2D eigenvalue weighted by Crippen LogP contribution is 2.28. The van der Waals surface area contributed by atoms with Crippen molar-refractivity contribution in [1.82, 2.24) is 8.87 Å². The first-order valence-corrected chi connectivity index (χ1v) is 13.9. The Morgan fingerprint density at radius 2 is 1.64 bits per heavy atom. The summed E-state index contributed by atoms with van der Waals surface area (Å²) in [5, 5.41) is 12.1. The smallest absolute Gasteiger partial charge is 0.338 e. The first-order valence-electron chi connectivity index (χ1n) is 12.5. The highest BCUT2D eigenvalue weighted by molar-refractivity contribution is 7.89. The fourth-order valence-corrected chi connectivity index (χ4v) is 5.76. The molecule has 0 spiro atoms. The van der Waals surface area contributed by atoms with E-state index in [2.05, 4.69) is 4.99 Å². The molecular formula is C29H29N3O6S. The Labute approximate surface area is 226 Å². The number of hydrogen-bond donors (Lipinski definition) is 1. The number of nitrogens with zero attached hydrogens (tertiary/aromatic N) is 3. The lowest BCUT2D eigenvalue weighted by Crippen LogP contribution is -2.30. The number of aliphatic imine (C=N–C) groups is 1. The summed E-state index contributed by atoms with van der Waals surface area (Å²) in [6.45, 7) is 6.09. The Bertz CT molecular complexity index is 1710. The van der Waals surface area contributed by atoms with Crippen LogP contribution in [0.25, 0.3) is 16.5 Å². The zero-order valence-electron chi connectivity index (χ0n) is 21.9. The molecule has 10 heteroatoms. The maximum atomic E-state index is 13.5. The number of carbonyl (C=O) groups is 1. The van der Waals surface area contributed by atoms with Gasteiger partial charge in [-0.15, -0.1) is 0 Å². The molecule has 0 aliphatic rings. The molecule has 1 heterocycles. The summed E-state index contributed by atoms with van der Waals surface area (Å²) in [4.78, 5) is 29.9. The van der Waals surface area contributed by atoms with E-state index in [0.29, 0.717) is 35.1 Å². The van der Waals surface area contributed by atoms with E-state index in [1.165, 1.54) is 28.7 Å². The van der Waals surface area contributed by atoms with Gasteiger partial charge in [-0.2, -0.15) is 4.31 Å². The summed E-state index contributed by atoms with van der Waals surface area (Å²) < 4.78 is 33.6. The van der Waals surface area contributed by atoms with Crippen molar-refractivity contribution in [3.05, 3.63) is 94.3 Å². The van der Waals surface area contributed by atoms with Crippen molar-refractivity contribution in [2.24, 2.45) is 4.99 Å². The molecule has 1 aromatic heterocycles. The van der Waals surface area contributed by atoms with Gasteiger partial charge >= 0.3 is 5.97 Å². The van der Waals surface area contributed by atoms with E-state index in [-0.39, 0.29) is 28.6 Å². The van der Waals surface area contributed by atoms with Crippen molar-refractivity contribution in [1.29, 1.82) is 0 Å². The van der Waals surface area contributed by atoms with Crippen LogP contribution in [0.5, 0.6) is 5.88 Å². The minimum absolute atomic E-state index is 0.0139. The molecule has 0 saturated heterocycles. The van der Waals surface area contributed by atoms with Crippen LogP contribution in [0.3, 0.4) is 0 Å². The van der Waals surface area contributed by atoms with Crippen LogP contribution in [0.2, 0.25) is 0 Å². The molecule has 202 valence electrons. The van der Waals surface area contributed by atoms with Crippen LogP contribution < -0.4 is 5.56 Å². The Kier molecular flexibility index (Phi) is 8.27. The molecule has 4 rings (SSSR count). The Morgan fingerprint density at radius 1 is 0.974 bits per heavy atom. The van der Waals surface area contributed by atoms with Gasteiger partial charge in [0, 0.05) is 30.1 Å². The van der Waals surface area contributed by atoms with E-state index in [1.807, 2.05) is 0 Å². The maximum Gasteiger partial charge on any atom is 0.338 e. The van der Waals surface area contributed by atoms with E-state index in [9.17, 15) is 23.1 Å². The minimum atomic E-state index is -3.79. The number of ether oxygens (including phenoxy) is 1. The number of sulfonamides is 1. The van der Waals surface area contributed by atoms with E-state index in [4.69, 9.17) is 4.74 Å². The highest BCUT2D eigenvalue weighted by atomic mass is 32.2. The van der Waals surface area contributed by atoms with Crippen LogP contribution in [-0.4, -0.2) is 54.3 Å². The Balaban J connectivity index is 1.84. The van der Waals surface area contributed by atoms with Gasteiger partial charge in [0.1, 0.15) is 0 Å². The molecule has 3 aromatic carbocycles. The third-order valence-corrected chi connectivity index (χ3v) is 8.29. The fraction of sp³-hybridized carbons (Fsp3) is 0.207. The lowest BCUT2D eigenvalue weighted by atomic mass is 10.1. The number of esters is 1. The highest BCUT2D eigenvalue weighted by Gasteiger charge is 2.23. The standard InChI is InChI=1S/C29H29N3O6S/c1-4-31(5-2)39(36,37)23-11-9-10-22(18-23)32-27(33)25-13-8-7-12-24(25)26(28(32)34)19-30-21-16-14-20(15-17-21)29(35)38-6-3/h7-19,34H,4-6H2,1-3H3. The second-order valence-electron chi connectivity index (χ2n) is 8.54. The molecule has 0 fully saturated rings. The van der Waals surface area contributed by atoms with Gasteiger partial charge in [-0.3, -0.25) is 9.79 Å². The normalized spacial score (nSPS) is 11.9. The number of aromatic nitrogens is 1. The topological polar surface area (TPSA) is 118 Å². The summed E-state index contributed by atoms with van der Waals surface area (Å²) >= 11 is 0. The number of rotatable bonds is 9. The molecule has 1 N–H and O–H groups in total. The number of pyridine rings is 1. The van der Waals surface area contributed by atoms with Gasteiger partial charge < -0.3 is 9.84 Å². The van der Waals surface area contributed by atoms with Gasteiger partial charge in [0.2, 0.25) is 15.9 Å². The number of carbonyl (C=O) groups excluding carboxylic acids is 1. The van der Waals surface area contributed by atoms with E-state index < -0.39 is 21.6 Å². The Hall–Kier alpha value is -4.28. The zero-order chi connectivity index (χ0) is 28.2. The predicted octanol–water partition coefficient (Wildman–Crippen LogP) is 4.65. The average Bonchev–Trinajstić information content (AvgIpc) is 2.94. The molecule has 0 aliphatic heterocycles. The summed E-state index contributed by atoms with van der Waals surface area (Å²) in [5.74, 6) is -0.822. The molecule has 0 radical (unpaired) electrons. The lowest BCUT2D eigenvalue weighted by Gasteiger charge is -2.19. The largest absolute Gasteiger partial charge is 0.494 e. The lowest BCUT2D eigenvalue weighted by molar-refractivity contribution is 0.0526. The number of aromatic hydroxyl groups is 1. The van der Waals surface area contributed by atoms with Crippen LogP contribution >= 0.6 is 0 Å². The van der Waals surface area contributed by atoms with Crippen LogP contribution in [-0.2, 0) is 14.8 Å². The van der Waals surface area contributed by atoms with Gasteiger partial charge in [-0.25, -0.2) is 17.8 Å². The molecule has 0 unspecified atom stereocenters. The monoisotopic (exact) mass is 547 g/mol. The van der Waals surface area contributed by atoms with Crippen molar-refractivity contribution in [2.75, 3.05) is 19.7 Å². The van der Waals surface area contributed by atoms with Crippen LogP contribution in [0.4, 0.5) is 5.69 Å². The molecule has 0 aliphatic carbocycles. The molecule has 0 bridgehead atoms. The fourth-order valence-electron chi connectivity index (χ4n) is 4.26. The third-order valence-electron chi connectivity index (χ3n) is 6.24. The summed E-state index contributed by atoms with van der Waals surface area (Å²) in [7, 11) is -3.79. The quantitative estimate of drug-likeness (QED) is 0.241. The van der Waals surface area contributed by atoms with Gasteiger partial charge in [0.15, 0.2) is 0 Å². The first kappa shape index (κ1) is 27.7. The van der Waals surface area contributed by atoms with Crippen LogP contribution in [0, 0.1) is 0 Å². The van der Waals surface area contributed by atoms with Crippen molar-refractivity contribution in [3.8, 4) is 11.6 Å². The van der Waals surface area contributed by atoms with Crippen molar-refractivity contribution >= 4 is 38.7 Å². The summed E-state index contributed by atoms with van der Waals surface area (Å²) in [6, 6.07) is 19.2. The number of benzene rings is 3. The van der Waals surface area contributed by atoms with Gasteiger partial charge in [-0.05, 0) is 55.5 Å². The van der Waals surface area contributed by atoms with Crippen LogP contribution in [0.1, 0.15) is 36.7 Å². The second-order valence-corrected chi connectivity index (χ2v) is 10.5. The van der Waals surface area contributed by atoms with Crippen molar-refractivity contribution in [3.63, 3.8) is 0 Å².